The Morgan fingerprint density at radius 1 is 1.09 bits per heavy atom. The van der Waals surface area contributed by atoms with E-state index in [0.717, 1.165) is 18.2 Å². The number of rotatable bonds is 9. The van der Waals surface area contributed by atoms with Crippen LogP contribution < -0.4 is 4.72 Å². The predicted molar refractivity (Wildman–Crippen MR) is 137 cm³/mol. The Bertz CT molecular complexity index is 1420. The molecule has 0 aliphatic rings. The highest BCUT2D eigenvalue weighted by molar-refractivity contribution is 7.92. The second kappa shape index (κ2) is 10.3. The molecule has 4 rings (SSSR count). The standard InChI is InChI=1S/C26H28N4O4S/c1-29(17-24(31)20-11-7-4-8-12-20)26(32)22-15-21(28-35(2,33)34)16-23-25(22)30(18-27-23)14-13-19-9-5-3-6-10-19/h3-12,15-16,18,24,28,31H,13-14,17H2,1-2H3. The molecule has 1 amide bonds. The van der Waals surface area contributed by atoms with Crippen LogP contribution in [0.15, 0.2) is 79.1 Å². The van der Waals surface area contributed by atoms with E-state index >= 15 is 0 Å². The van der Waals surface area contributed by atoms with Gasteiger partial charge in [-0.2, -0.15) is 0 Å². The second-order valence-corrected chi connectivity index (χ2v) is 10.3. The summed E-state index contributed by atoms with van der Waals surface area (Å²) in [4.78, 5) is 19.4. The summed E-state index contributed by atoms with van der Waals surface area (Å²) in [5, 5.41) is 10.6. The number of likely N-dealkylation sites (N-methyl/N-ethyl adjacent to an activating group) is 1. The molecule has 4 aromatic rings. The monoisotopic (exact) mass is 492 g/mol. The zero-order chi connectivity index (χ0) is 25.0. The molecule has 8 nitrogen and oxygen atoms in total. The van der Waals surface area contributed by atoms with E-state index in [2.05, 4.69) is 9.71 Å². The predicted octanol–water partition coefficient (Wildman–Crippen LogP) is 3.46. The Morgan fingerprint density at radius 2 is 1.74 bits per heavy atom. The van der Waals surface area contributed by atoms with Crippen molar-refractivity contribution in [1.29, 1.82) is 0 Å². The fraction of sp³-hybridized carbons (Fsp3) is 0.231. The van der Waals surface area contributed by atoms with Crippen LogP contribution in [0.25, 0.3) is 11.0 Å². The average molecular weight is 493 g/mol. The average Bonchev–Trinajstić information content (AvgIpc) is 3.24. The topological polar surface area (TPSA) is 105 Å². The highest BCUT2D eigenvalue weighted by atomic mass is 32.2. The summed E-state index contributed by atoms with van der Waals surface area (Å²) in [6.07, 6.45) is 2.60. The molecule has 9 heteroatoms. The number of amides is 1. The van der Waals surface area contributed by atoms with Gasteiger partial charge >= 0.3 is 0 Å². The number of aliphatic hydroxyl groups is 1. The molecular formula is C26H28N4O4S. The first kappa shape index (κ1) is 24.4. The molecule has 3 aromatic carbocycles. The van der Waals surface area contributed by atoms with Crippen molar-refractivity contribution in [1.82, 2.24) is 14.5 Å². The van der Waals surface area contributed by atoms with Gasteiger partial charge in [0.2, 0.25) is 10.0 Å². The van der Waals surface area contributed by atoms with Crippen molar-refractivity contribution in [2.24, 2.45) is 0 Å². The van der Waals surface area contributed by atoms with Crippen molar-refractivity contribution in [3.05, 3.63) is 95.8 Å². The third-order valence-electron chi connectivity index (χ3n) is 5.71. The van der Waals surface area contributed by atoms with Crippen molar-refractivity contribution in [3.8, 4) is 0 Å². The summed E-state index contributed by atoms with van der Waals surface area (Å²) in [6, 6.07) is 22.3. The molecule has 0 saturated carbocycles. The Labute approximate surface area is 204 Å². The maximum Gasteiger partial charge on any atom is 0.255 e. The molecule has 0 bridgehead atoms. The molecule has 0 aliphatic heterocycles. The van der Waals surface area contributed by atoms with E-state index in [4.69, 9.17) is 0 Å². The number of fused-ring (bicyclic) bond motifs is 1. The van der Waals surface area contributed by atoms with Crippen LogP contribution in [0.1, 0.15) is 27.6 Å². The molecule has 0 radical (unpaired) electrons. The largest absolute Gasteiger partial charge is 0.387 e. The second-order valence-electron chi connectivity index (χ2n) is 8.55. The first-order valence-corrected chi connectivity index (χ1v) is 13.1. The Kier molecular flexibility index (Phi) is 7.18. The normalized spacial score (nSPS) is 12.4. The number of aromatic nitrogens is 2. The van der Waals surface area contributed by atoms with Gasteiger partial charge in [0, 0.05) is 13.6 Å². The maximum absolute atomic E-state index is 13.6. The molecule has 182 valence electrons. The van der Waals surface area contributed by atoms with E-state index in [1.807, 2.05) is 53.1 Å². The molecule has 0 saturated heterocycles. The maximum atomic E-state index is 13.6. The summed E-state index contributed by atoms with van der Waals surface area (Å²) in [5.41, 5.74) is 3.55. The lowest BCUT2D eigenvalue weighted by molar-refractivity contribution is 0.0682. The molecule has 0 spiro atoms. The summed E-state index contributed by atoms with van der Waals surface area (Å²) < 4.78 is 28.1. The van der Waals surface area contributed by atoms with Gasteiger partial charge in [-0.1, -0.05) is 60.7 Å². The van der Waals surface area contributed by atoms with Gasteiger partial charge in [0.15, 0.2) is 0 Å². The van der Waals surface area contributed by atoms with Gasteiger partial charge in [-0.25, -0.2) is 13.4 Å². The smallest absolute Gasteiger partial charge is 0.255 e. The van der Waals surface area contributed by atoms with E-state index in [1.54, 1.807) is 31.6 Å². The molecular weight excluding hydrogens is 464 g/mol. The van der Waals surface area contributed by atoms with Crippen molar-refractivity contribution < 1.29 is 18.3 Å². The zero-order valence-electron chi connectivity index (χ0n) is 19.6. The summed E-state index contributed by atoms with van der Waals surface area (Å²) in [7, 11) is -1.94. The van der Waals surface area contributed by atoms with E-state index in [1.165, 1.54) is 11.0 Å². The molecule has 2 N–H and O–H groups in total. The van der Waals surface area contributed by atoms with Crippen LogP contribution >= 0.6 is 0 Å². The highest BCUT2D eigenvalue weighted by Gasteiger charge is 2.22. The molecule has 0 fully saturated rings. The van der Waals surface area contributed by atoms with Gasteiger partial charge in [0.05, 0.1) is 47.5 Å². The Hall–Kier alpha value is -3.69. The third-order valence-corrected chi connectivity index (χ3v) is 6.32. The number of anilines is 1. The van der Waals surface area contributed by atoms with Crippen LogP contribution in [0.4, 0.5) is 5.69 Å². The number of benzene rings is 3. The van der Waals surface area contributed by atoms with Crippen molar-refractivity contribution >= 4 is 32.7 Å². The van der Waals surface area contributed by atoms with Gasteiger partial charge in [-0.05, 0) is 29.7 Å². The molecule has 1 aromatic heterocycles. The number of carbonyl (C=O) groups excluding carboxylic acids is 1. The third kappa shape index (κ3) is 6.06. The van der Waals surface area contributed by atoms with E-state index in [9.17, 15) is 18.3 Å². The van der Waals surface area contributed by atoms with Crippen LogP contribution in [-0.4, -0.2) is 53.7 Å². The van der Waals surface area contributed by atoms with Crippen molar-refractivity contribution in [2.45, 2.75) is 19.1 Å². The van der Waals surface area contributed by atoms with Gasteiger partial charge in [0.25, 0.3) is 5.91 Å². The lowest BCUT2D eigenvalue weighted by Gasteiger charge is -2.22. The molecule has 1 unspecified atom stereocenters. The quantitative estimate of drug-likeness (QED) is 0.372. The van der Waals surface area contributed by atoms with Crippen LogP contribution in [-0.2, 0) is 23.0 Å². The highest BCUT2D eigenvalue weighted by Crippen LogP contribution is 2.26. The number of carbonyl (C=O) groups is 1. The van der Waals surface area contributed by atoms with Gasteiger partial charge in [0.1, 0.15) is 0 Å². The van der Waals surface area contributed by atoms with E-state index < -0.39 is 16.1 Å². The number of aliphatic hydroxyl groups excluding tert-OH is 1. The number of nitrogens with one attached hydrogen (secondary N) is 1. The van der Waals surface area contributed by atoms with E-state index in [0.29, 0.717) is 28.7 Å². The lowest BCUT2D eigenvalue weighted by atomic mass is 10.1. The minimum atomic E-state index is -3.55. The van der Waals surface area contributed by atoms with Crippen LogP contribution in [0.2, 0.25) is 0 Å². The summed E-state index contributed by atoms with van der Waals surface area (Å²) in [6.45, 7) is 0.669. The Morgan fingerprint density at radius 3 is 2.40 bits per heavy atom. The van der Waals surface area contributed by atoms with Crippen LogP contribution in [0, 0.1) is 0 Å². The van der Waals surface area contributed by atoms with Gasteiger partial charge in [-0.3, -0.25) is 9.52 Å². The number of hydrogen-bond acceptors (Lipinski definition) is 5. The summed E-state index contributed by atoms with van der Waals surface area (Å²) >= 11 is 0. The molecule has 0 aliphatic carbocycles. The number of aryl methyl sites for hydroxylation is 2. The first-order valence-electron chi connectivity index (χ1n) is 11.2. The number of nitrogens with zero attached hydrogens (tertiary/aromatic N) is 3. The number of hydrogen-bond donors (Lipinski definition) is 2. The van der Waals surface area contributed by atoms with Crippen LogP contribution in [0.3, 0.4) is 0 Å². The molecule has 35 heavy (non-hydrogen) atoms. The van der Waals surface area contributed by atoms with Gasteiger partial charge in [-0.15, -0.1) is 0 Å². The molecule has 1 atom stereocenters. The first-order chi connectivity index (χ1) is 16.7. The number of sulfonamides is 1. The SMILES string of the molecule is CN(CC(O)c1ccccc1)C(=O)c1cc(NS(C)(=O)=O)cc2ncn(CCc3ccccc3)c12. The fourth-order valence-corrected chi connectivity index (χ4v) is 4.58. The van der Waals surface area contributed by atoms with E-state index in [-0.39, 0.29) is 18.1 Å². The summed E-state index contributed by atoms with van der Waals surface area (Å²) in [5.74, 6) is -0.344. The lowest BCUT2D eigenvalue weighted by Crippen LogP contribution is -2.31. The number of imidazole rings is 1. The van der Waals surface area contributed by atoms with Crippen molar-refractivity contribution in [2.75, 3.05) is 24.6 Å². The minimum Gasteiger partial charge on any atom is -0.387 e. The fourth-order valence-electron chi connectivity index (χ4n) is 4.04. The Balaban J connectivity index is 1.68. The molecule has 1 heterocycles. The van der Waals surface area contributed by atoms with Gasteiger partial charge < -0.3 is 14.6 Å². The van der Waals surface area contributed by atoms with Crippen LogP contribution in [0.5, 0.6) is 0 Å². The zero-order valence-corrected chi connectivity index (χ0v) is 20.4. The van der Waals surface area contributed by atoms with Crippen molar-refractivity contribution in [3.63, 3.8) is 0 Å². The minimum absolute atomic E-state index is 0.0756.